The summed E-state index contributed by atoms with van der Waals surface area (Å²) in [4.78, 5) is 0. The number of rotatable bonds is 7. The summed E-state index contributed by atoms with van der Waals surface area (Å²) in [5.41, 5.74) is 0. The Hall–Kier alpha value is 0.250. The molecule has 11 heavy (non-hydrogen) atoms. The molecule has 0 spiro atoms. The number of halogens is 1. The average molecular weight is 179 g/mol. The Bertz CT molecular complexity index is 76.0. The number of alkyl halides is 1. The lowest BCUT2D eigenvalue weighted by molar-refractivity contribution is 0.183. The van der Waals surface area contributed by atoms with Gasteiger partial charge in [-0.2, -0.15) is 0 Å². The van der Waals surface area contributed by atoms with Crippen molar-refractivity contribution >= 4 is 11.6 Å². The summed E-state index contributed by atoms with van der Waals surface area (Å²) in [7, 11) is 0. The Morgan fingerprint density at radius 3 is 2.36 bits per heavy atom. The van der Waals surface area contributed by atoms with Gasteiger partial charge in [-0.1, -0.05) is 39.0 Å². The fraction of sp³-hybridized carbons (Fsp3) is 1.00. The van der Waals surface area contributed by atoms with Crippen molar-refractivity contribution in [2.24, 2.45) is 0 Å². The topological polar surface area (TPSA) is 20.2 Å². The van der Waals surface area contributed by atoms with Gasteiger partial charge in [-0.15, -0.1) is 11.6 Å². The molecule has 0 aromatic rings. The van der Waals surface area contributed by atoms with Crippen LogP contribution in [0.4, 0.5) is 0 Å². The maximum absolute atomic E-state index is 9.08. The Labute approximate surface area is 74.8 Å². The largest absolute Gasteiger partial charge is 0.392 e. The van der Waals surface area contributed by atoms with Gasteiger partial charge in [0, 0.05) is 5.88 Å². The van der Waals surface area contributed by atoms with Crippen LogP contribution >= 0.6 is 11.6 Å². The van der Waals surface area contributed by atoms with Crippen LogP contribution in [0.1, 0.15) is 45.4 Å². The highest BCUT2D eigenvalue weighted by Crippen LogP contribution is 2.07. The summed E-state index contributed by atoms with van der Waals surface area (Å²) >= 11 is 5.44. The third-order valence-corrected chi connectivity index (χ3v) is 2.18. The smallest absolute Gasteiger partial charge is 0.0675 e. The minimum Gasteiger partial charge on any atom is -0.392 e. The Morgan fingerprint density at radius 2 is 1.82 bits per heavy atom. The number of aliphatic hydroxyl groups is 1. The van der Waals surface area contributed by atoms with Crippen molar-refractivity contribution in [1.29, 1.82) is 0 Å². The van der Waals surface area contributed by atoms with E-state index in [4.69, 9.17) is 16.7 Å². The highest BCUT2D eigenvalue weighted by atomic mass is 35.5. The van der Waals surface area contributed by atoms with Crippen LogP contribution in [-0.4, -0.2) is 17.1 Å². The van der Waals surface area contributed by atoms with E-state index in [1.807, 2.05) is 0 Å². The van der Waals surface area contributed by atoms with Gasteiger partial charge in [0.2, 0.25) is 0 Å². The summed E-state index contributed by atoms with van der Waals surface area (Å²) in [6.45, 7) is 2.20. The van der Waals surface area contributed by atoms with Crippen molar-refractivity contribution in [2.45, 2.75) is 51.6 Å². The molecule has 1 nitrogen and oxygen atoms in total. The Kier molecular flexibility index (Phi) is 8.54. The lowest BCUT2D eigenvalue weighted by Crippen LogP contribution is -2.07. The van der Waals surface area contributed by atoms with Crippen molar-refractivity contribution in [2.75, 3.05) is 5.88 Å². The van der Waals surface area contributed by atoms with Crippen LogP contribution in [0.2, 0.25) is 0 Å². The van der Waals surface area contributed by atoms with Gasteiger partial charge in [0.1, 0.15) is 0 Å². The molecule has 0 aliphatic carbocycles. The lowest BCUT2D eigenvalue weighted by Gasteiger charge is -2.04. The second-order valence-electron chi connectivity index (χ2n) is 3.01. The maximum atomic E-state index is 9.08. The fourth-order valence-electron chi connectivity index (χ4n) is 1.06. The molecule has 1 N–H and O–H groups in total. The molecule has 1 atom stereocenters. The van der Waals surface area contributed by atoms with Gasteiger partial charge in [0.25, 0.3) is 0 Å². The molecule has 0 aromatic heterocycles. The average Bonchev–Trinajstić information content (AvgIpc) is 2.04. The van der Waals surface area contributed by atoms with E-state index in [0.29, 0.717) is 5.88 Å². The molecule has 0 aromatic carbocycles. The van der Waals surface area contributed by atoms with Crippen LogP contribution in [-0.2, 0) is 0 Å². The number of unbranched alkanes of at least 4 members (excludes halogenated alkanes) is 4. The Morgan fingerprint density at radius 1 is 1.18 bits per heavy atom. The summed E-state index contributed by atoms with van der Waals surface area (Å²) in [6.07, 6.45) is 6.84. The van der Waals surface area contributed by atoms with Gasteiger partial charge in [-0.05, 0) is 6.42 Å². The van der Waals surface area contributed by atoms with Crippen molar-refractivity contribution in [3.8, 4) is 0 Å². The van der Waals surface area contributed by atoms with Crippen LogP contribution in [0.15, 0.2) is 0 Å². The summed E-state index contributed by atoms with van der Waals surface area (Å²) in [6, 6.07) is 0. The molecule has 0 radical (unpaired) electrons. The van der Waals surface area contributed by atoms with E-state index >= 15 is 0 Å². The van der Waals surface area contributed by atoms with Crippen molar-refractivity contribution in [1.82, 2.24) is 0 Å². The quantitative estimate of drug-likeness (QED) is 0.470. The first kappa shape index (κ1) is 11.2. The standard InChI is InChI=1S/C9H19ClO/c1-2-3-4-5-6-7-9(11)8-10/h9,11H,2-8H2,1H3/t9-/m1/s1. The first-order chi connectivity index (χ1) is 5.31. The van der Waals surface area contributed by atoms with Gasteiger partial charge in [0.05, 0.1) is 6.10 Å². The molecule has 0 aliphatic heterocycles. The van der Waals surface area contributed by atoms with E-state index in [1.54, 1.807) is 0 Å². The van der Waals surface area contributed by atoms with Crippen molar-refractivity contribution < 1.29 is 5.11 Å². The third-order valence-electron chi connectivity index (χ3n) is 1.82. The molecule has 2 heteroatoms. The van der Waals surface area contributed by atoms with Gasteiger partial charge in [-0.25, -0.2) is 0 Å². The van der Waals surface area contributed by atoms with Crippen molar-refractivity contribution in [3.63, 3.8) is 0 Å². The van der Waals surface area contributed by atoms with E-state index in [1.165, 1.54) is 25.7 Å². The highest BCUT2D eigenvalue weighted by Gasteiger charge is 1.99. The van der Waals surface area contributed by atoms with E-state index in [2.05, 4.69) is 6.92 Å². The molecular weight excluding hydrogens is 160 g/mol. The molecule has 0 fully saturated rings. The van der Waals surface area contributed by atoms with Gasteiger partial charge < -0.3 is 5.11 Å². The maximum Gasteiger partial charge on any atom is 0.0675 e. The van der Waals surface area contributed by atoms with E-state index in [9.17, 15) is 0 Å². The van der Waals surface area contributed by atoms with Crippen LogP contribution in [0.25, 0.3) is 0 Å². The second kappa shape index (κ2) is 8.35. The number of hydrogen-bond acceptors (Lipinski definition) is 1. The molecule has 0 rings (SSSR count). The predicted octanol–water partition coefficient (Wildman–Crippen LogP) is 2.95. The number of aliphatic hydroxyl groups excluding tert-OH is 1. The minimum absolute atomic E-state index is 0.279. The first-order valence-electron chi connectivity index (χ1n) is 4.55. The van der Waals surface area contributed by atoms with E-state index in [0.717, 1.165) is 12.8 Å². The zero-order valence-corrected chi connectivity index (χ0v) is 8.11. The monoisotopic (exact) mass is 178 g/mol. The summed E-state index contributed by atoms with van der Waals surface area (Å²) < 4.78 is 0. The third kappa shape index (κ3) is 8.15. The molecule has 0 heterocycles. The molecular formula is C9H19ClO. The van der Waals surface area contributed by atoms with E-state index in [-0.39, 0.29) is 6.10 Å². The second-order valence-corrected chi connectivity index (χ2v) is 3.32. The lowest BCUT2D eigenvalue weighted by atomic mass is 10.1. The minimum atomic E-state index is -0.279. The highest BCUT2D eigenvalue weighted by molar-refractivity contribution is 6.18. The summed E-state index contributed by atoms with van der Waals surface area (Å²) in [5.74, 6) is 0.383. The molecule has 0 bridgehead atoms. The molecule has 0 unspecified atom stereocenters. The van der Waals surface area contributed by atoms with Gasteiger partial charge >= 0.3 is 0 Å². The van der Waals surface area contributed by atoms with E-state index < -0.39 is 0 Å². The predicted molar refractivity (Wildman–Crippen MR) is 50.1 cm³/mol. The molecule has 0 amide bonds. The SMILES string of the molecule is CCCCCCC[C@@H](O)CCl. The van der Waals surface area contributed by atoms with Crippen LogP contribution in [0.5, 0.6) is 0 Å². The zero-order chi connectivity index (χ0) is 8.53. The number of hydrogen-bond donors (Lipinski definition) is 1. The van der Waals surface area contributed by atoms with Crippen LogP contribution in [0.3, 0.4) is 0 Å². The normalized spacial score (nSPS) is 13.4. The first-order valence-corrected chi connectivity index (χ1v) is 5.08. The van der Waals surface area contributed by atoms with Crippen LogP contribution in [0, 0.1) is 0 Å². The van der Waals surface area contributed by atoms with Crippen LogP contribution < -0.4 is 0 Å². The zero-order valence-electron chi connectivity index (χ0n) is 7.35. The van der Waals surface area contributed by atoms with Gasteiger partial charge in [-0.3, -0.25) is 0 Å². The Balaban J connectivity index is 2.89. The molecule has 68 valence electrons. The molecule has 0 saturated heterocycles. The fourth-order valence-corrected chi connectivity index (χ4v) is 1.21. The summed E-state index contributed by atoms with van der Waals surface area (Å²) in [5, 5.41) is 9.08. The molecule has 0 aliphatic rings. The molecule has 0 saturated carbocycles. The van der Waals surface area contributed by atoms with Crippen molar-refractivity contribution in [3.05, 3.63) is 0 Å². The van der Waals surface area contributed by atoms with Gasteiger partial charge in [0.15, 0.2) is 0 Å².